The van der Waals surface area contributed by atoms with Gasteiger partial charge in [0.25, 0.3) is 5.69 Å². The van der Waals surface area contributed by atoms with Crippen LogP contribution in [-0.2, 0) is 11.3 Å². The van der Waals surface area contributed by atoms with Crippen molar-refractivity contribution in [1.82, 2.24) is 0 Å². The predicted molar refractivity (Wildman–Crippen MR) is 48.2 cm³/mol. The molecule has 0 spiro atoms. The van der Waals surface area contributed by atoms with Crippen LogP contribution < -0.4 is 5.73 Å². The lowest BCUT2D eigenvalue weighted by atomic mass is 10.1. The predicted octanol–water partition coefficient (Wildman–Crippen LogP) is 1.32. The van der Waals surface area contributed by atoms with Crippen LogP contribution in [0.1, 0.15) is 5.56 Å². The van der Waals surface area contributed by atoms with E-state index in [-0.39, 0.29) is 18.0 Å². The highest BCUT2D eigenvalue weighted by molar-refractivity contribution is 5.62. The molecule has 0 saturated heterocycles. The summed E-state index contributed by atoms with van der Waals surface area (Å²) in [5.74, 6) is 0. The second kappa shape index (κ2) is 3.86. The number of nitro groups is 1. The monoisotopic (exact) mass is 182 g/mol. The van der Waals surface area contributed by atoms with E-state index in [9.17, 15) is 10.1 Å². The van der Waals surface area contributed by atoms with Crippen molar-refractivity contribution >= 4 is 11.4 Å². The lowest BCUT2D eigenvalue weighted by molar-refractivity contribution is -0.384. The molecule has 0 saturated carbocycles. The minimum atomic E-state index is -0.505. The van der Waals surface area contributed by atoms with Gasteiger partial charge in [-0.25, -0.2) is 0 Å². The van der Waals surface area contributed by atoms with Crippen LogP contribution in [0, 0.1) is 10.1 Å². The standard InChI is InChI=1S/C8H10N2O3/c1-13-5-6-3-2-4-7(8(6)9)10(11)12/h2-4H,5,9H2,1H3. The van der Waals surface area contributed by atoms with Crippen LogP contribution in [0.2, 0.25) is 0 Å². The third-order valence-corrected chi connectivity index (χ3v) is 1.67. The SMILES string of the molecule is COCc1cccc([N+](=O)[O-])c1N. The second-order valence-electron chi connectivity index (χ2n) is 2.54. The van der Waals surface area contributed by atoms with E-state index in [2.05, 4.69) is 0 Å². The topological polar surface area (TPSA) is 78.4 Å². The zero-order valence-corrected chi connectivity index (χ0v) is 7.19. The van der Waals surface area contributed by atoms with Crippen molar-refractivity contribution < 1.29 is 9.66 Å². The summed E-state index contributed by atoms with van der Waals surface area (Å²) in [4.78, 5) is 9.96. The molecule has 0 bridgehead atoms. The molecule has 1 aromatic rings. The summed E-state index contributed by atoms with van der Waals surface area (Å²) in [7, 11) is 1.51. The Balaban J connectivity index is 3.10. The van der Waals surface area contributed by atoms with E-state index in [1.807, 2.05) is 0 Å². The van der Waals surface area contributed by atoms with Crippen molar-refractivity contribution in [1.29, 1.82) is 0 Å². The van der Waals surface area contributed by atoms with Gasteiger partial charge in [0.2, 0.25) is 0 Å². The third-order valence-electron chi connectivity index (χ3n) is 1.67. The quantitative estimate of drug-likeness (QED) is 0.434. The first-order chi connectivity index (χ1) is 6.16. The smallest absolute Gasteiger partial charge is 0.292 e. The Labute approximate surface area is 75.3 Å². The number of nitro benzene ring substituents is 1. The molecule has 5 heteroatoms. The van der Waals surface area contributed by atoms with Crippen LogP contribution in [0.15, 0.2) is 18.2 Å². The molecule has 1 rings (SSSR count). The van der Waals surface area contributed by atoms with Crippen LogP contribution in [0.4, 0.5) is 11.4 Å². The molecule has 1 aromatic carbocycles. The van der Waals surface area contributed by atoms with Gasteiger partial charge >= 0.3 is 0 Å². The van der Waals surface area contributed by atoms with Crippen LogP contribution in [-0.4, -0.2) is 12.0 Å². The summed E-state index contributed by atoms with van der Waals surface area (Å²) >= 11 is 0. The van der Waals surface area contributed by atoms with Crippen molar-refractivity contribution in [3.05, 3.63) is 33.9 Å². The molecule has 0 aliphatic heterocycles. The second-order valence-corrected chi connectivity index (χ2v) is 2.54. The molecule has 0 radical (unpaired) electrons. The van der Waals surface area contributed by atoms with E-state index < -0.39 is 4.92 Å². The zero-order chi connectivity index (χ0) is 9.84. The lowest BCUT2D eigenvalue weighted by Crippen LogP contribution is -2.00. The molecule has 70 valence electrons. The van der Waals surface area contributed by atoms with Crippen LogP contribution in [0.5, 0.6) is 0 Å². The maximum Gasteiger partial charge on any atom is 0.292 e. The molecule has 0 atom stereocenters. The molecular formula is C8H10N2O3. The average molecular weight is 182 g/mol. The van der Waals surface area contributed by atoms with Crippen molar-refractivity contribution in [2.75, 3.05) is 12.8 Å². The fourth-order valence-corrected chi connectivity index (χ4v) is 1.04. The maximum absolute atomic E-state index is 10.5. The molecule has 13 heavy (non-hydrogen) atoms. The Morgan fingerprint density at radius 2 is 2.31 bits per heavy atom. The van der Waals surface area contributed by atoms with E-state index in [0.29, 0.717) is 5.56 Å². The number of anilines is 1. The van der Waals surface area contributed by atoms with Gasteiger partial charge in [-0.2, -0.15) is 0 Å². The number of para-hydroxylation sites is 1. The van der Waals surface area contributed by atoms with Gasteiger partial charge in [-0.1, -0.05) is 12.1 Å². The number of nitrogens with two attached hydrogens (primary N) is 1. The Bertz CT molecular complexity index is 325. The third kappa shape index (κ3) is 1.94. The van der Waals surface area contributed by atoms with E-state index in [4.69, 9.17) is 10.5 Å². The highest BCUT2D eigenvalue weighted by Gasteiger charge is 2.13. The number of hydrogen-bond acceptors (Lipinski definition) is 4. The van der Waals surface area contributed by atoms with E-state index in [0.717, 1.165) is 0 Å². The minimum Gasteiger partial charge on any atom is -0.393 e. The number of benzene rings is 1. The summed E-state index contributed by atoms with van der Waals surface area (Å²) in [5, 5.41) is 10.5. The molecule has 0 heterocycles. The van der Waals surface area contributed by atoms with Gasteiger partial charge in [-0.15, -0.1) is 0 Å². The first-order valence-electron chi connectivity index (χ1n) is 3.67. The highest BCUT2D eigenvalue weighted by Crippen LogP contribution is 2.24. The van der Waals surface area contributed by atoms with Crippen LogP contribution in [0.25, 0.3) is 0 Å². The Morgan fingerprint density at radius 1 is 1.62 bits per heavy atom. The van der Waals surface area contributed by atoms with Gasteiger partial charge in [0.1, 0.15) is 5.69 Å². The summed E-state index contributed by atoms with van der Waals surface area (Å²) in [6.45, 7) is 0.285. The van der Waals surface area contributed by atoms with E-state index >= 15 is 0 Å². The molecule has 0 aliphatic rings. The number of rotatable bonds is 3. The summed E-state index contributed by atoms with van der Waals surface area (Å²) in [6.07, 6.45) is 0. The molecule has 0 fully saturated rings. The first kappa shape index (κ1) is 9.47. The number of nitrogen functional groups attached to an aromatic ring is 1. The minimum absolute atomic E-state index is 0.0745. The summed E-state index contributed by atoms with van der Waals surface area (Å²) in [5.41, 5.74) is 6.29. The highest BCUT2D eigenvalue weighted by atomic mass is 16.6. The molecular weight excluding hydrogens is 172 g/mol. The Hall–Kier alpha value is -1.62. The van der Waals surface area contributed by atoms with Crippen LogP contribution in [0.3, 0.4) is 0 Å². The molecule has 0 aromatic heterocycles. The number of ether oxygens (including phenoxy) is 1. The number of hydrogen-bond donors (Lipinski definition) is 1. The Kier molecular flexibility index (Phi) is 2.81. The van der Waals surface area contributed by atoms with Gasteiger partial charge in [-0.05, 0) is 0 Å². The molecule has 0 unspecified atom stereocenters. The number of nitrogens with zero attached hydrogens (tertiary/aromatic N) is 1. The molecule has 0 amide bonds. The fraction of sp³-hybridized carbons (Fsp3) is 0.250. The van der Waals surface area contributed by atoms with Crippen molar-refractivity contribution in [3.8, 4) is 0 Å². The van der Waals surface area contributed by atoms with Gasteiger partial charge in [0.05, 0.1) is 11.5 Å². The fourth-order valence-electron chi connectivity index (χ4n) is 1.04. The lowest BCUT2D eigenvalue weighted by Gasteiger charge is -2.03. The van der Waals surface area contributed by atoms with Crippen molar-refractivity contribution in [2.45, 2.75) is 6.61 Å². The van der Waals surface area contributed by atoms with Crippen molar-refractivity contribution in [2.24, 2.45) is 0 Å². The van der Waals surface area contributed by atoms with E-state index in [1.54, 1.807) is 12.1 Å². The normalized spacial score (nSPS) is 9.92. The average Bonchev–Trinajstić information content (AvgIpc) is 2.08. The summed E-state index contributed by atoms with van der Waals surface area (Å²) in [6, 6.07) is 4.66. The maximum atomic E-state index is 10.5. The van der Waals surface area contributed by atoms with Crippen molar-refractivity contribution in [3.63, 3.8) is 0 Å². The zero-order valence-electron chi connectivity index (χ0n) is 7.19. The first-order valence-corrected chi connectivity index (χ1v) is 3.67. The molecule has 2 N–H and O–H groups in total. The largest absolute Gasteiger partial charge is 0.393 e. The molecule has 0 aliphatic carbocycles. The van der Waals surface area contributed by atoms with Crippen LogP contribution >= 0.6 is 0 Å². The summed E-state index contributed by atoms with van der Waals surface area (Å²) < 4.78 is 4.84. The van der Waals surface area contributed by atoms with Gasteiger partial charge in [0, 0.05) is 18.7 Å². The number of methoxy groups -OCH3 is 1. The molecule has 5 nitrogen and oxygen atoms in total. The van der Waals surface area contributed by atoms with Gasteiger partial charge in [0.15, 0.2) is 0 Å². The Morgan fingerprint density at radius 3 is 2.85 bits per heavy atom. The van der Waals surface area contributed by atoms with Gasteiger partial charge < -0.3 is 10.5 Å². The van der Waals surface area contributed by atoms with E-state index in [1.165, 1.54) is 13.2 Å². The van der Waals surface area contributed by atoms with Gasteiger partial charge in [-0.3, -0.25) is 10.1 Å².